The minimum absolute atomic E-state index is 0. The van der Waals surface area contributed by atoms with Crippen LogP contribution in [0.1, 0.15) is 39.5 Å². The van der Waals surface area contributed by atoms with E-state index in [4.69, 9.17) is 8.37 Å². The van der Waals surface area contributed by atoms with Crippen molar-refractivity contribution in [1.82, 2.24) is 0 Å². The van der Waals surface area contributed by atoms with Crippen LogP contribution in [-0.4, -0.2) is 64.7 Å². The maximum absolute atomic E-state index is 13.0. The molecule has 2 aromatic rings. The van der Waals surface area contributed by atoms with Crippen molar-refractivity contribution in [2.45, 2.75) is 49.3 Å². The Morgan fingerprint density at radius 2 is 1.27 bits per heavy atom. The van der Waals surface area contributed by atoms with Gasteiger partial charge in [-0.15, -0.1) is 0 Å². The van der Waals surface area contributed by atoms with E-state index in [9.17, 15) is 21.9 Å². The van der Waals surface area contributed by atoms with Crippen LogP contribution in [0.4, 0.5) is 0 Å². The Morgan fingerprint density at radius 3 is 1.77 bits per heavy atom. The van der Waals surface area contributed by atoms with E-state index in [1.54, 1.807) is 30.3 Å². The van der Waals surface area contributed by atoms with Crippen LogP contribution in [0.25, 0.3) is 11.1 Å². The monoisotopic (exact) mass is 466 g/mol. The first-order chi connectivity index (χ1) is 13.7. The summed E-state index contributed by atoms with van der Waals surface area (Å²) in [4.78, 5) is -1.41. The zero-order chi connectivity index (χ0) is 21.5. The van der Waals surface area contributed by atoms with Crippen LogP contribution in [0.15, 0.2) is 52.3 Å². The van der Waals surface area contributed by atoms with Crippen LogP contribution in [-0.2, 0) is 28.6 Å². The summed E-state index contributed by atoms with van der Waals surface area (Å²) < 4.78 is 61.7. The molecule has 0 atom stereocenters. The van der Waals surface area contributed by atoms with E-state index in [0.29, 0.717) is 31.2 Å². The third kappa shape index (κ3) is 6.78. The molecular weight excluding hydrogens is 439 g/mol. The van der Waals surface area contributed by atoms with Gasteiger partial charge in [-0.05, 0) is 30.5 Å². The molecule has 0 saturated carbocycles. The van der Waals surface area contributed by atoms with Crippen LogP contribution in [0, 0.1) is 0 Å². The van der Waals surface area contributed by atoms with Gasteiger partial charge in [0.15, 0.2) is 4.90 Å². The van der Waals surface area contributed by atoms with Crippen molar-refractivity contribution < 1.29 is 30.3 Å². The van der Waals surface area contributed by atoms with Crippen LogP contribution in [0.5, 0.6) is 5.75 Å². The van der Waals surface area contributed by atoms with E-state index < -0.39 is 35.8 Å². The normalized spacial score (nSPS) is 11.8. The minimum atomic E-state index is -4.55. The Morgan fingerprint density at radius 1 is 0.767 bits per heavy atom. The molecule has 7 nitrogen and oxygen atoms in total. The quantitative estimate of drug-likeness (QED) is 0.307. The van der Waals surface area contributed by atoms with Gasteiger partial charge >= 0.3 is 39.7 Å². The molecule has 0 amide bonds. The summed E-state index contributed by atoms with van der Waals surface area (Å²) in [7, 11) is -9.04. The summed E-state index contributed by atoms with van der Waals surface area (Å²) in [6.45, 7) is 3.51. The van der Waals surface area contributed by atoms with Crippen molar-refractivity contribution >= 4 is 49.8 Å². The SMILES string of the molecule is CCCCOS(=O)(=O)c1c(O)ccc(-c2ccccc2)c1S(=O)(=O)OCCCC.[NaH]. The van der Waals surface area contributed by atoms with Gasteiger partial charge in [-0.25, -0.2) is 0 Å². The third-order valence-electron chi connectivity index (χ3n) is 4.15. The second-order valence-electron chi connectivity index (χ2n) is 6.42. The Bertz CT molecular complexity index is 1020. The van der Waals surface area contributed by atoms with Gasteiger partial charge in [-0.3, -0.25) is 8.37 Å². The van der Waals surface area contributed by atoms with Gasteiger partial charge in [-0.2, -0.15) is 16.8 Å². The molecule has 0 bridgehead atoms. The number of hydrogen-bond donors (Lipinski definition) is 1. The van der Waals surface area contributed by atoms with E-state index in [-0.39, 0.29) is 48.3 Å². The molecule has 2 rings (SSSR count). The van der Waals surface area contributed by atoms with Gasteiger partial charge in [0.25, 0.3) is 10.1 Å². The molecule has 0 spiro atoms. The molecule has 2 aromatic carbocycles. The average Bonchev–Trinajstić information content (AvgIpc) is 2.68. The van der Waals surface area contributed by atoms with Crippen LogP contribution in [0.2, 0.25) is 0 Å². The summed E-state index contributed by atoms with van der Waals surface area (Å²) in [6.07, 6.45) is 2.34. The third-order valence-corrected chi connectivity index (χ3v) is 7.07. The average molecular weight is 467 g/mol. The van der Waals surface area contributed by atoms with Gasteiger partial charge in [0, 0.05) is 5.56 Å². The van der Waals surface area contributed by atoms with Crippen molar-refractivity contribution in [3.05, 3.63) is 42.5 Å². The second kappa shape index (κ2) is 12.2. The van der Waals surface area contributed by atoms with Gasteiger partial charge in [0.1, 0.15) is 10.6 Å². The Labute approximate surface area is 201 Å². The van der Waals surface area contributed by atoms with E-state index in [1.807, 2.05) is 13.8 Å². The first kappa shape index (κ1) is 27.1. The fourth-order valence-electron chi connectivity index (χ4n) is 2.63. The summed E-state index contributed by atoms with van der Waals surface area (Å²) in [5.74, 6) is -0.709. The molecular formula is C20H27NaO7S2. The molecule has 1 N–H and O–H groups in total. The zero-order valence-corrected chi connectivity index (χ0v) is 18.1. The Kier molecular flexibility index (Phi) is 11.0. The second-order valence-corrected chi connectivity index (χ2v) is 9.52. The van der Waals surface area contributed by atoms with Crippen molar-refractivity contribution in [1.29, 1.82) is 0 Å². The molecule has 0 aliphatic heterocycles. The maximum atomic E-state index is 13.0. The molecule has 0 aliphatic rings. The van der Waals surface area contributed by atoms with Gasteiger partial charge in [-0.1, -0.05) is 57.0 Å². The van der Waals surface area contributed by atoms with E-state index in [2.05, 4.69) is 0 Å². The summed E-state index contributed by atoms with van der Waals surface area (Å²) in [5.41, 5.74) is 0.577. The van der Waals surface area contributed by atoms with Crippen molar-refractivity contribution in [3.8, 4) is 16.9 Å². The molecule has 30 heavy (non-hydrogen) atoms. The van der Waals surface area contributed by atoms with E-state index >= 15 is 0 Å². The summed E-state index contributed by atoms with van der Waals surface area (Å²) in [6, 6.07) is 10.9. The molecule has 0 unspecified atom stereocenters. The van der Waals surface area contributed by atoms with Crippen molar-refractivity contribution in [3.63, 3.8) is 0 Å². The zero-order valence-electron chi connectivity index (χ0n) is 16.5. The molecule has 0 heterocycles. The van der Waals surface area contributed by atoms with E-state index in [1.165, 1.54) is 6.07 Å². The van der Waals surface area contributed by atoms with Crippen molar-refractivity contribution in [2.24, 2.45) is 0 Å². The van der Waals surface area contributed by atoms with Crippen molar-refractivity contribution in [2.75, 3.05) is 13.2 Å². The van der Waals surface area contributed by atoms with Gasteiger partial charge in [0.2, 0.25) is 0 Å². The van der Waals surface area contributed by atoms with Crippen LogP contribution in [0.3, 0.4) is 0 Å². The van der Waals surface area contributed by atoms with E-state index in [0.717, 1.165) is 6.07 Å². The van der Waals surface area contributed by atoms with Gasteiger partial charge < -0.3 is 5.11 Å². The number of hydrogen-bond acceptors (Lipinski definition) is 7. The molecule has 10 heteroatoms. The number of benzene rings is 2. The topological polar surface area (TPSA) is 107 Å². The van der Waals surface area contributed by atoms with Crippen LogP contribution < -0.4 is 0 Å². The Hall–Kier alpha value is -0.940. The first-order valence-corrected chi connectivity index (χ1v) is 12.3. The summed E-state index contributed by atoms with van der Waals surface area (Å²) in [5, 5.41) is 10.3. The number of phenols is 1. The fourth-order valence-corrected chi connectivity index (χ4v) is 5.60. The number of phenolic OH excluding ortho intramolecular Hbond substituents is 1. The number of unbranched alkanes of at least 4 members (excludes halogenated alkanes) is 2. The summed E-state index contributed by atoms with van der Waals surface area (Å²) >= 11 is 0. The molecule has 0 saturated heterocycles. The Balaban J connectivity index is 0.00000450. The number of aromatic hydroxyl groups is 1. The first-order valence-electron chi connectivity index (χ1n) is 9.44. The molecule has 0 aliphatic carbocycles. The van der Waals surface area contributed by atoms with Gasteiger partial charge in [0.05, 0.1) is 13.2 Å². The molecule has 0 aromatic heterocycles. The molecule has 0 fully saturated rings. The molecule has 0 radical (unpaired) electrons. The fraction of sp³-hybridized carbons (Fsp3) is 0.400. The van der Waals surface area contributed by atoms with Crippen LogP contribution >= 0.6 is 0 Å². The molecule has 162 valence electrons. The number of rotatable bonds is 11. The predicted octanol–water partition coefficient (Wildman–Crippen LogP) is 3.42. The predicted molar refractivity (Wildman–Crippen MR) is 117 cm³/mol. The standard InChI is InChI=1S/C20H26O7S2.Na.H/c1-3-5-14-26-28(22,23)19-17(16-10-8-7-9-11-16)12-13-18(21)20(19)29(24,25)27-15-6-4-2;;/h7-13,21H,3-6,14-15H2,1-2H3;;.